The first-order chi connectivity index (χ1) is 10.5. The highest BCUT2D eigenvalue weighted by Gasteiger charge is 2.45. The molecule has 122 valence electrons. The first kappa shape index (κ1) is 15.8. The second-order valence-electron chi connectivity index (χ2n) is 6.79. The molecule has 1 amide bonds. The summed E-state index contributed by atoms with van der Waals surface area (Å²) in [5, 5.41) is 9.43. The Balaban J connectivity index is 1.58. The van der Waals surface area contributed by atoms with Crippen molar-refractivity contribution in [2.24, 2.45) is 5.41 Å². The zero-order chi connectivity index (χ0) is 15.8. The van der Waals surface area contributed by atoms with Crippen LogP contribution in [0.15, 0.2) is 0 Å². The molecule has 3 fully saturated rings. The maximum absolute atomic E-state index is 12.7. The van der Waals surface area contributed by atoms with Crippen molar-refractivity contribution in [1.82, 2.24) is 9.80 Å². The molecule has 2 saturated heterocycles. The van der Waals surface area contributed by atoms with E-state index in [0.29, 0.717) is 45.4 Å². The largest absolute Gasteiger partial charge is 0.339 e. The molecule has 0 aromatic rings. The fourth-order valence-electron chi connectivity index (χ4n) is 4.01. The first-order valence-corrected chi connectivity index (χ1v) is 9.93. The summed E-state index contributed by atoms with van der Waals surface area (Å²) in [6.45, 7) is 2.65. The summed E-state index contributed by atoms with van der Waals surface area (Å²) in [5.74, 6) is 0.531. The zero-order valence-electron chi connectivity index (χ0n) is 12.8. The molecule has 0 aromatic heterocycles. The number of amides is 1. The highest BCUT2D eigenvalue weighted by atomic mass is 32.2. The highest BCUT2D eigenvalue weighted by Crippen LogP contribution is 2.39. The molecule has 0 spiro atoms. The molecule has 1 atom stereocenters. The summed E-state index contributed by atoms with van der Waals surface area (Å²) < 4.78 is 23.2. The summed E-state index contributed by atoms with van der Waals surface area (Å²) in [7, 11) is -2.87. The molecule has 7 heteroatoms. The Bertz CT molecular complexity index is 582. The number of hydrogen-bond acceptors (Lipinski definition) is 5. The van der Waals surface area contributed by atoms with Crippen LogP contribution in [0.5, 0.6) is 0 Å². The van der Waals surface area contributed by atoms with Crippen LogP contribution >= 0.6 is 0 Å². The van der Waals surface area contributed by atoms with E-state index in [-0.39, 0.29) is 23.5 Å². The quantitative estimate of drug-likeness (QED) is 0.734. The molecule has 0 radical (unpaired) electrons. The Labute approximate surface area is 132 Å². The normalized spacial score (nSPS) is 31.0. The second kappa shape index (κ2) is 5.82. The van der Waals surface area contributed by atoms with Crippen molar-refractivity contribution in [2.45, 2.75) is 38.1 Å². The molecule has 0 bridgehead atoms. The summed E-state index contributed by atoms with van der Waals surface area (Å²) in [6, 6.07) is 2.38. The fraction of sp³-hybridized carbons (Fsp3) is 0.867. The number of piperazine rings is 1. The number of nitriles is 1. The molecule has 22 heavy (non-hydrogen) atoms. The lowest BCUT2D eigenvalue weighted by molar-refractivity contribution is -0.140. The minimum atomic E-state index is -2.87. The Morgan fingerprint density at radius 2 is 1.77 bits per heavy atom. The van der Waals surface area contributed by atoms with E-state index in [9.17, 15) is 18.5 Å². The van der Waals surface area contributed by atoms with Gasteiger partial charge in [-0.25, -0.2) is 8.42 Å². The molecular formula is C15H23N3O3S. The second-order valence-corrected chi connectivity index (χ2v) is 9.01. The van der Waals surface area contributed by atoms with E-state index in [1.807, 2.05) is 4.90 Å². The van der Waals surface area contributed by atoms with Gasteiger partial charge in [0.2, 0.25) is 5.91 Å². The van der Waals surface area contributed by atoms with Gasteiger partial charge in [-0.2, -0.15) is 5.26 Å². The van der Waals surface area contributed by atoms with E-state index in [4.69, 9.17) is 0 Å². The van der Waals surface area contributed by atoms with Crippen LogP contribution in [-0.4, -0.2) is 67.9 Å². The third-order valence-electron chi connectivity index (χ3n) is 5.41. The van der Waals surface area contributed by atoms with Gasteiger partial charge in [-0.3, -0.25) is 9.69 Å². The van der Waals surface area contributed by atoms with Crippen molar-refractivity contribution >= 4 is 15.7 Å². The molecule has 1 unspecified atom stereocenters. The van der Waals surface area contributed by atoms with E-state index in [2.05, 4.69) is 11.0 Å². The monoisotopic (exact) mass is 325 g/mol. The van der Waals surface area contributed by atoms with Gasteiger partial charge in [-0.05, 0) is 19.3 Å². The third kappa shape index (κ3) is 2.86. The van der Waals surface area contributed by atoms with Crippen LogP contribution in [0.1, 0.15) is 32.1 Å². The van der Waals surface area contributed by atoms with Crippen molar-refractivity contribution < 1.29 is 13.2 Å². The van der Waals surface area contributed by atoms with Crippen molar-refractivity contribution in [3.63, 3.8) is 0 Å². The van der Waals surface area contributed by atoms with Crippen molar-refractivity contribution in [2.75, 3.05) is 37.7 Å². The lowest BCUT2D eigenvalue weighted by Crippen LogP contribution is -2.55. The zero-order valence-corrected chi connectivity index (χ0v) is 13.6. The maximum Gasteiger partial charge on any atom is 0.243 e. The lowest BCUT2D eigenvalue weighted by Gasteiger charge is -2.39. The van der Waals surface area contributed by atoms with Crippen LogP contribution in [0, 0.1) is 16.7 Å². The number of sulfone groups is 1. The van der Waals surface area contributed by atoms with Crippen molar-refractivity contribution in [3.05, 3.63) is 0 Å². The molecule has 3 aliphatic rings. The van der Waals surface area contributed by atoms with E-state index in [1.165, 1.54) is 0 Å². The smallest absolute Gasteiger partial charge is 0.243 e. The van der Waals surface area contributed by atoms with Crippen LogP contribution in [0.3, 0.4) is 0 Å². The summed E-state index contributed by atoms with van der Waals surface area (Å²) in [6.07, 6.45) is 3.99. The Morgan fingerprint density at radius 3 is 2.27 bits per heavy atom. The number of rotatable bonds is 2. The van der Waals surface area contributed by atoms with Crippen LogP contribution in [-0.2, 0) is 14.6 Å². The summed E-state index contributed by atoms with van der Waals surface area (Å²) >= 11 is 0. The van der Waals surface area contributed by atoms with Gasteiger partial charge in [0, 0.05) is 32.2 Å². The Hall–Kier alpha value is -1.13. The predicted molar refractivity (Wildman–Crippen MR) is 81.7 cm³/mol. The number of nitrogens with zero attached hydrogens (tertiary/aromatic N) is 3. The average Bonchev–Trinajstić information content (AvgIpc) is 3.14. The standard InChI is InChI=1S/C15H23N3O3S/c16-12-15(4-1-2-5-15)14(19)18-8-6-17(7-9-18)13-3-10-22(20,21)11-13/h13H,1-11H2. The molecule has 6 nitrogen and oxygen atoms in total. The molecule has 1 aliphatic carbocycles. The average molecular weight is 325 g/mol. The van der Waals surface area contributed by atoms with E-state index in [0.717, 1.165) is 12.8 Å². The first-order valence-electron chi connectivity index (χ1n) is 8.11. The van der Waals surface area contributed by atoms with Gasteiger partial charge in [0.05, 0.1) is 17.6 Å². The third-order valence-corrected chi connectivity index (χ3v) is 7.16. The fourth-order valence-corrected chi connectivity index (χ4v) is 5.77. The van der Waals surface area contributed by atoms with Crippen molar-refractivity contribution in [1.29, 1.82) is 5.26 Å². The molecule has 0 N–H and O–H groups in total. The highest BCUT2D eigenvalue weighted by molar-refractivity contribution is 7.91. The lowest BCUT2D eigenvalue weighted by atomic mass is 9.86. The molecule has 0 aromatic carbocycles. The van der Waals surface area contributed by atoms with Crippen LogP contribution in [0.4, 0.5) is 0 Å². The Kier molecular flexibility index (Phi) is 4.17. The van der Waals surface area contributed by atoms with Gasteiger partial charge in [0.15, 0.2) is 9.84 Å². The molecule has 2 heterocycles. The SMILES string of the molecule is N#CC1(C(=O)N2CCN(C3CCS(=O)(=O)C3)CC2)CCCC1. The molecule has 1 saturated carbocycles. The summed E-state index contributed by atoms with van der Waals surface area (Å²) in [4.78, 5) is 16.7. The predicted octanol–water partition coefficient (Wildman–Crippen LogP) is 0.402. The van der Waals surface area contributed by atoms with Gasteiger partial charge in [-0.15, -0.1) is 0 Å². The van der Waals surface area contributed by atoms with Gasteiger partial charge < -0.3 is 4.90 Å². The molecule has 2 aliphatic heterocycles. The van der Waals surface area contributed by atoms with Gasteiger partial charge in [0.25, 0.3) is 0 Å². The molecule has 3 rings (SSSR count). The van der Waals surface area contributed by atoms with E-state index < -0.39 is 15.3 Å². The van der Waals surface area contributed by atoms with Gasteiger partial charge >= 0.3 is 0 Å². The van der Waals surface area contributed by atoms with Crippen LogP contribution in [0.2, 0.25) is 0 Å². The van der Waals surface area contributed by atoms with Crippen LogP contribution < -0.4 is 0 Å². The number of hydrogen-bond donors (Lipinski definition) is 0. The maximum atomic E-state index is 12.7. The molecular weight excluding hydrogens is 302 g/mol. The van der Waals surface area contributed by atoms with Crippen LogP contribution in [0.25, 0.3) is 0 Å². The minimum absolute atomic E-state index is 0.00815. The van der Waals surface area contributed by atoms with E-state index in [1.54, 1.807) is 0 Å². The van der Waals surface area contributed by atoms with Gasteiger partial charge in [0.1, 0.15) is 5.41 Å². The minimum Gasteiger partial charge on any atom is -0.339 e. The number of carbonyl (C=O) groups is 1. The van der Waals surface area contributed by atoms with E-state index >= 15 is 0 Å². The van der Waals surface area contributed by atoms with Gasteiger partial charge in [-0.1, -0.05) is 12.8 Å². The number of carbonyl (C=O) groups excluding carboxylic acids is 1. The topological polar surface area (TPSA) is 81.5 Å². The summed E-state index contributed by atoms with van der Waals surface area (Å²) in [5.41, 5.74) is -0.793. The van der Waals surface area contributed by atoms with Crippen molar-refractivity contribution in [3.8, 4) is 6.07 Å². The Morgan fingerprint density at radius 1 is 1.14 bits per heavy atom.